The Balaban J connectivity index is 1.87. The number of hydrogen-bond donors (Lipinski definition) is 2. The summed E-state index contributed by atoms with van der Waals surface area (Å²) >= 11 is 0. The topological polar surface area (TPSA) is 67.5 Å². The molecule has 3 N–H and O–H groups in total. The average molecular weight is 303 g/mol. The zero-order valence-electron chi connectivity index (χ0n) is 12.8. The predicted octanol–water partition coefficient (Wildman–Crippen LogP) is 3.69. The van der Waals surface area contributed by atoms with Gasteiger partial charge < -0.3 is 11.2 Å². The van der Waals surface area contributed by atoms with Gasteiger partial charge in [-0.3, -0.25) is 4.79 Å². The normalized spacial score (nSPS) is 11.0. The van der Waals surface area contributed by atoms with E-state index in [9.17, 15) is 4.79 Å². The fraction of sp³-hybridized carbons (Fsp3) is 0.0526. The van der Waals surface area contributed by atoms with Gasteiger partial charge in [0.1, 0.15) is 0 Å². The molecule has 4 nitrogen and oxygen atoms in total. The van der Waals surface area contributed by atoms with Crippen LogP contribution >= 0.6 is 0 Å². The van der Waals surface area contributed by atoms with Crippen molar-refractivity contribution < 1.29 is 4.79 Å². The summed E-state index contributed by atoms with van der Waals surface area (Å²) in [6.07, 6.45) is 1.60. The minimum absolute atomic E-state index is 0.120. The standard InChI is InChI=1S/C19H17N3O/c1-13-3-2-4-18(9-13)22-19(23)17-8-7-15-10-14(12-21-20)5-6-16(15)11-17/h2-12H,20H2,1H3,(H,22,23)/b21-12-. The molecule has 3 rings (SSSR count). The number of amides is 1. The van der Waals surface area contributed by atoms with E-state index in [1.165, 1.54) is 0 Å². The fourth-order valence-corrected chi connectivity index (χ4v) is 2.50. The van der Waals surface area contributed by atoms with Crippen LogP contribution in [0.2, 0.25) is 0 Å². The summed E-state index contributed by atoms with van der Waals surface area (Å²) in [5.74, 6) is 5.05. The molecule has 0 aliphatic carbocycles. The molecular weight excluding hydrogens is 286 g/mol. The van der Waals surface area contributed by atoms with E-state index in [0.717, 1.165) is 27.6 Å². The number of nitrogens with two attached hydrogens (primary N) is 1. The molecule has 0 aromatic heterocycles. The quantitative estimate of drug-likeness (QED) is 0.440. The lowest BCUT2D eigenvalue weighted by Gasteiger charge is -2.07. The lowest BCUT2D eigenvalue weighted by molar-refractivity contribution is 0.102. The summed E-state index contributed by atoms with van der Waals surface area (Å²) in [5, 5.41) is 8.48. The maximum Gasteiger partial charge on any atom is 0.255 e. The minimum atomic E-state index is -0.120. The fourth-order valence-electron chi connectivity index (χ4n) is 2.50. The molecule has 0 atom stereocenters. The highest BCUT2D eigenvalue weighted by Crippen LogP contribution is 2.19. The number of fused-ring (bicyclic) bond motifs is 1. The van der Waals surface area contributed by atoms with Crippen LogP contribution in [0.15, 0.2) is 65.8 Å². The predicted molar refractivity (Wildman–Crippen MR) is 94.9 cm³/mol. The third-order valence-electron chi connectivity index (χ3n) is 3.63. The zero-order chi connectivity index (χ0) is 16.2. The van der Waals surface area contributed by atoms with Crippen LogP contribution in [0.5, 0.6) is 0 Å². The molecule has 0 aliphatic heterocycles. The van der Waals surface area contributed by atoms with Gasteiger partial charge >= 0.3 is 0 Å². The van der Waals surface area contributed by atoms with Crippen molar-refractivity contribution in [1.29, 1.82) is 0 Å². The van der Waals surface area contributed by atoms with E-state index in [0.29, 0.717) is 5.56 Å². The number of nitrogens with one attached hydrogen (secondary N) is 1. The van der Waals surface area contributed by atoms with E-state index in [4.69, 9.17) is 5.84 Å². The van der Waals surface area contributed by atoms with Crippen molar-refractivity contribution in [1.82, 2.24) is 0 Å². The molecule has 0 unspecified atom stereocenters. The molecule has 3 aromatic rings. The molecule has 0 saturated carbocycles. The maximum absolute atomic E-state index is 12.4. The van der Waals surface area contributed by atoms with E-state index in [1.807, 2.05) is 67.6 Å². The molecule has 0 bridgehead atoms. The molecule has 1 amide bonds. The number of hydrazone groups is 1. The van der Waals surface area contributed by atoms with Crippen molar-refractivity contribution in [3.8, 4) is 0 Å². The first-order chi connectivity index (χ1) is 11.2. The van der Waals surface area contributed by atoms with Crippen LogP contribution in [0.1, 0.15) is 21.5 Å². The molecule has 3 aromatic carbocycles. The summed E-state index contributed by atoms with van der Waals surface area (Å²) in [5.41, 5.74) is 3.45. The lowest BCUT2D eigenvalue weighted by atomic mass is 10.0. The zero-order valence-corrected chi connectivity index (χ0v) is 12.8. The third kappa shape index (κ3) is 3.37. The molecule has 0 aliphatic rings. The summed E-state index contributed by atoms with van der Waals surface area (Å²) in [4.78, 5) is 12.4. The van der Waals surface area contributed by atoms with Crippen LogP contribution in [0, 0.1) is 6.92 Å². The molecule has 0 heterocycles. The van der Waals surface area contributed by atoms with Gasteiger partial charge in [-0.2, -0.15) is 5.10 Å². The SMILES string of the molecule is Cc1cccc(NC(=O)c2ccc3cc(/C=N\N)ccc3c2)c1. The smallest absolute Gasteiger partial charge is 0.255 e. The number of aryl methyl sites for hydroxylation is 1. The molecule has 0 spiro atoms. The van der Waals surface area contributed by atoms with Gasteiger partial charge in [0.05, 0.1) is 6.21 Å². The van der Waals surface area contributed by atoms with E-state index in [1.54, 1.807) is 6.21 Å². The van der Waals surface area contributed by atoms with Gasteiger partial charge in [0, 0.05) is 11.3 Å². The van der Waals surface area contributed by atoms with Crippen LogP contribution in [-0.4, -0.2) is 12.1 Å². The number of carbonyl (C=O) groups excluding carboxylic acids is 1. The number of carbonyl (C=O) groups is 1. The first-order valence-corrected chi connectivity index (χ1v) is 7.31. The van der Waals surface area contributed by atoms with Gasteiger partial charge in [-0.15, -0.1) is 0 Å². The van der Waals surface area contributed by atoms with Crippen LogP contribution in [-0.2, 0) is 0 Å². The maximum atomic E-state index is 12.4. The average Bonchev–Trinajstić information content (AvgIpc) is 2.54. The Morgan fingerprint density at radius 3 is 2.61 bits per heavy atom. The number of benzene rings is 3. The van der Waals surface area contributed by atoms with Crippen LogP contribution in [0.4, 0.5) is 5.69 Å². The number of hydrogen-bond acceptors (Lipinski definition) is 3. The molecular formula is C19H17N3O. The Kier molecular flexibility index (Phi) is 4.06. The molecule has 4 heteroatoms. The molecule has 0 radical (unpaired) electrons. The minimum Gasteiger partial charge on any atom is -0.323 e. The highest BCUT2D eigenvalue weighted by molar-refractivity contribution is 6.06. The second-order valence-corrected chi connectivity index (χ2v) is 5.42. The number of rotatable bonds is 3. The second kappa shape index (κ2) is 6.32. The Labute approximate surface area is 134 Å². The van der Waals surface area contributed by atoms with Gasteiger partial charge in [-0.05, 0) is 59.2 Å². The van der Waals surface area contributed by atoms with Crippen molar-refractivity contribution >= 4 is 28.6 Å². The van der Waals surface area contributed by atoms with Gasteiger partial charge in [0.25, 0.3) is 5.91 Å². The lowest BCUT2D eigenvalue weighted by Crippen LogP contribution is -2.11. The molecule has 23 heavy (non-hydrogen) atoms. The number of nitrogens with zero attached hydrogens (tertiary/aromatic N) is 1. The van der Waals surface area contributed by atoms with Crippen LogP contribution in [0.25, 0.3) is 10.8 Å². The number of anilines is 1. The Morgan fingerprint density at radius 2 is 1.83 bits per heavy atom. The first kappa shape index (κ1) is 14.8. The Morgan fingerprint density at radius 1 is 1.04 bits per heavy atom. The van der Waals surface area contributed by atoms with Crippen molar-refractivity contribution in [2.24, 2.45) is 10.9 Å². The summed E-state index contributed by atoms with van der Waals surface area (Å²) in [7, 11) is 0. The van der Waals surface area contributed by atoms with Crippen molar-refractivity contribution in [2.45, 2.75) is 6.92 Å². The second-order valence-electron chi connectivity index (χ2n) is 5.42. The monoisotopic (exact) mass is 303 g/mol. The van der Waals surface area contributed by atoms with E-state index in [-0.39, 0.29) is 5.91 Å². The van der Waals surface area contributed by atoms with Crippen LogP contribution in [0.3, 0.4) is 0 Å². The summed E-state index contributed by atoms with van der Waals surface area (Å²) < 4.78 is 0. The van der Waals surface area contributed by atoms with E-state index < -0.39 is 0 Å². The highest BCUT2D eigenvalue weighted by atomic mass is 16.1. The molecule has 114 valence electrons. The largest absolute Gasteiger partial charge is 0.323 e. The van der Waals surface area contributed by atoms with E-state index >= 15 is 0 Å². The summed E-state index contributed by atoms with van der Waals surface area (Å²) in [6.45, 7) is 1.99. The Bertz CT molecular complexity index is 900. The van der Waals surface area contributed by atoms with Crippen molar-refractivity contribution in [3.05, 3.63) is 77.4 Å². The van der Waals surface area contributed by atoms with E-state index in [2.05, 4.69) is 10.4 Å². The van der Waals surface area contributed by atoms with Crippen molar-refractivity contribution in [2.75, 3.05) is 5.32 Å². The molecule has 0 saturated heterocycles. The summed E-state index contributed by atoms with van der Waals surface area (Å²) in [6, 6.07) is 19.2. The first-order valence-electron chi connectivity index (χ1n) is 7.31. The van der Waals surface area contributed by atoms with Crippen molar-refractivity contribution in [3.63, 3.8) is 0 Å². The van der Waals surface area contributed by atoms with Gasteiger partial charge in [0.2, 0.25) is 0 Å². The van der Waals surface area contributed by atoms with Gasteiger partial charge in [0.15, 0.2) is 0 Å². The molecule has 0 fully saturated rings. The van der Waals surface area contributed by atoms with Gasteiger partial charge in [-0.25, -0.2) is 0 Å². The van der Waals surface area contributed by atoms with Crippen LogP contribution < -0.4 is 11.2 Å². The van der Waals surface area contributed by atoms with Gasteiger partial charge in [-0.1, -0.05) is 30.3 Å². The highest BCUT2D eigenvalue weighted by Gasteiger charge is 2.07. The third-order valence-corrected chi connectivity index (χ3v) is 3.63. The Hall–Kier alpha value is -3.14.